The van der Waals surface area contributed by atoms with Crippen LogP contribution in [0, 0.1) is 0 Å². The Labute approximate surface area is 156 Å². The van der Waals surface area contributed by atoms with Crippen LogP contribution in [-0.2, 0) is 4.74 Å². The quantitative estimate of drug-likeness (QED) is 0.710. The van der Waals surface area contributed by atoms with Crippen molar-refractivity contribution in [2.75, 3.05) is 49.2 Å². The van der Waals surface area contributed by atoms with E-state index in [-0.39, 0.29) is 0 Å². The van der Waals surface area contributed by atoms with Crippen molar-refractivity contribution in [1.29, 1.82) is 0 Å². The standard InChI is InChI=1S/C20H31N5O/c1-3-4-5-7-16(2)17-14-19-21-18(23-8-6-9-23)15-20(25(19)22-17)24-10-12-26-13-11-24/h14-16H,3-13H2,1-2H3/t16-/m0/s1. The molecule has 0 radical (unpaired) electrons. The Morgan fingerprint density at radius 2 is 1.88 bits per heavy atom. The maximum atomic E-state index is 5.54. The summed E-state index contributed by atoms with van der Waals surface area (Å²) in [6.45, 7) is 10.2. The third kappa shape index (κ3) is 3.52. The smallest absolute Gasteiger partial charge is 0.160 e. The number of aromatic nitrogens is 3. The summed E-state index contributed by atoms with van der Waals surface area (Å²) in [4.78, 5) is 9.67. The number of fused-ring (bicyclic) bond motifs is 1. The van der Waals surface area contributed by atoms with Gasteiger partial charge in [-0.1, -0.05) is 33.1 Å². The summed E-state index contributed by atoms with van der Waals surface area (Å²) in [5.41, 5.74) is 2.15. The van der Waals surface area contributed by atoms with Crippen LogP contribution in [0.2, 0.25) is 0 Å². The first-order valence-corrected chi connectivity index (χ1v) is 10.2. The molecule has 2 aromatic heterocycles. The molecule has 6 heteroatoms. The average Bonchev–Trinajstić information content (AvgIpc) is 3.05. The van der Waals surface area contributed by atoms with E-state index >= 15 is 0 Å². The Kier molecular flexibility index (Phi) is 5.29. The second-order valence-electron chi connectivity index (χ2n) is 7.65. The van der Waals surface area contributed by atoms with Gasteiger partial charge in [-0.2, -0.15) is 9.61 Å². The van der Waals surface area contributed by atoms with Crippen LogP contribution in [-0.4, -0.2) is 54.0 Å². The van der Waals surface area contributed by atoms with E-state index in [1.54, 1.807) is 0 Å². The topological polar surface area (TPSA) is 45.9 Å². The molecule has 1 atom stereocenters. The van der Waals surface area contributed by atoms with Crippen molar-refractivity contribution >= 4 is 17.3 Å². The molecule has 0 amide bonds. The molecular weight excluding hydrogens is 326 g/mol. The van der Waals surface area contributed by atoms with E-state index < -0.39 is 0 Å². The second-order valence-corrected chi connectivity index (χ2v) is 7.65. The summed E-state index contributed by atoms with van der Waals surface area (Å²) in [6.07, 6.45) is 6.30. The molecule has 0 unspecified atom stereocenters. The number of anilines is 2. The molecule has 0 spiro atoms. The van der Waals surface area contributed by atoms with Crippen LogP contribution in [0.3, 0.4) is 0 Å². The number of unbranched alkanes of at least 4 members (excludes halogenated alkanes) is 2. The molecule has 2 saturated heterocycles. The average molecular weight is 358 g/mol. The molecule has 0 aliphatic carbocycles. The number of nitrogens with zero attached hydrogens (tertiary/aromatic N) is 5. The summed E-state index contributed by atoms with van der Waals surface area (Å²) in [5.74, 6) is 2.73. The summed E-state index contributed by atoms with van der Waals surface area (Å²) in [7, 11) is 0. The van der Waals surface area contributed by atoms with Gasteiger partial charge >= 0.3 is 0 Å². The largest absolute Gasteiger partial charge is 0.378 e. The molecule has 2 aromatic rings. The van der Waals surface area contributed by atoms with Crippen molar-refractivity contribution in [2.24, 2.45) is 0 Å². The zero-order valence-corrected chi connectivity index (χ0v) is 16.2. The molecule has 0 bridgehead atoms. The Hall–Kier alpha value is -1.82. The molecule has 0 saturated carbocycles. The molecule has 0 aromatic carbocycles. The van der Waals surface area contributed by atoms with Crippen molar-refractivity contribution in [2.45, 2.75) is 51.9 Å². The van der Waals surface area contributed by atoms with Gasteiger partial charge in [0.05, 0.1) is 18.9 Å². The van der Waals surface area contributed by atoms with Gasteiger partial charge in [-0.05, 0) is 12.8 Å². The van der Waals surface area contributed by atoms with Gasteiger partial charge in [0.1, 0.15) is 11.6 Å². The first kappa shape index (κ1) is 17.6. The number of hydrogen-bond acceptors (Lipinski definition) is 5. The Morgan fingerprint density at radius 3 is 2.58 bits per heavy atom. The molecule has 2 aliphatic heterocycles. The molecular formula is C20H31N5O. The highest BCUT2D eigenvalue weighted by molar-refractivity contribution is 5.60. The fourth-order valence-electron chi connectivity index (χ4n) is 3.78. The predicted molar refractivity (Wildman–Crippen MR) is 105 cm³/mol. The fourth-order valence-corrected chi connectivity index (χ4v) is 3.78. The van der Waals surface area contributed by atoms with Crippen molar-refractivity contribution in [3.05, 3.63) is 17.8 Å². The lowest BCUT2D eigenvalue weighted by Gasteiger charge is -2.34. The summed E-state index contributed by atoms with van der Waals surface area (Å²) >= 11 is 0. The van der Waals surface area contributed by atoms with Gasteiger partial charge in [0.2, 0.25) is 0 Å². The van der Waals surface area contributed by atoms with Crippen LogP contribution in [0.5, 0.6) is 0 Å². The first-order valence-electron chi connectivity index (χ1n) is 10.2. The third-order valence-electron chi connectivity index (χ3n) is 5.67. The van der Waals surface area contributed by atoms with E-state index in [1.807, 2.05) is 0 Å². The Morgan fingerprint density at radius 1 is 1.08 bits per heavy atom. The second kappa shape index (κ2) is 7.82. The van der Waals surface area contributed by atoms with Crippen LogP contribution in [0.15, 0.2) is 12.1 Å². The summed E-state index contributed by atoms with van der Waals surface area (Å²) < 4.78 is 7.60. The first-order chi connectivity index (χ1) is 12.8. The molecule has 2 aliphatic rings. The van der Waals surface area contributed by atoms with Crippen LogP contribution in [0.4, 0.5) is 11.6 Å². The maximum absolute atomic E-state index is 5.54. The van der Waals surface area contributed by atoms with Crippen molar-refractivity contribution in [3.8, 4) is 0 Å². The van der Waals surface area contributed by atoms with Crippen LogP contribution < -0.4 is 9.80 Å². The number of morpholine rings is 1. The van der Waals surface area contributed by atoms with Crippen molar-refractivity contribution in [1.82, 2.24) is 14.6 Å². The monoisotopic (exact) mass is 357 g/mol. The highest BCUT2D eigenvalue weighted by Gasteiger charge is 2.23. The van der Waals surface area contributed by atoms with E-state index in [2.05, 4.69) is 40.3 Å². The number of ether oxygens (including phenoxy) is 1. The minimum Gasteiger partial charge on any atom is -0.378 e. The highest BCUT2D eigenvalue weighted by Crippen LogP contribution is 2.29. The van der Waals surface area contributed by atoms with Crippen LogP contribution in [0.1, 0.15) is 57.6 Å². The van der Waals surface area contributed by atoms with Gasteiger partial charge in [0.25, 0.3) is 0 Å². The van der Waals surface area contributed by atoms with Crippen LogP contribution >= 0.6 is 0 Å². The van der Waals surface area contributed by atoms with Gasteiger partial charge in [0.15, 0.2) is 5.65 Å². The molecule has 4 rings (SSSR count). The number of hydrogen-bond donors (Lipinski definition) is 0. The van der Waals surface area contributed by atoms with E-state index in [4.69, 9.17) is 14.8 Å². The predicted octanol–water partition coefficient (Wildman–Crippen LogP) is 3.46. The summed E-state index contributed by atoms with van der Waals surface area (Å²) in [6, 6.07) is 4.42. The van der Waals surface area contributed by atoms with Gasteiger partial charge in [-0.3, -0.25) is 0 Å². The highest BCUT2D eigenvalue weighted by atomic mass is 16.5. The zero-order valence-electron chi connectivity index (χ0n) is 16.2. The van der Waals surface area contributed by atoms with E-state index in [1.165, 1.54) is 37.8 Å². The summed E-state index contributed by atoms with van der Waals surface area (Å²) in [5, 5.41) is 4.96. The lowest BCUT2D eigenvalue weighted by Crippen LogP contribution is -2.39. The third-order valence-corrected chi connectivity index (χ3v) is 5.67. The van der Waals surface area contributed by atoms with Gasteiger partial charge < -0.3 is 14.5 Å². The zero-order chi connectivity index (χ0) is 17.9. The molecule has 26 heavy (non-hydrogen) atoms. The molecule has 2 fully saturated rings. The number of rotatable bonds is 7. The molecule has 0 N–H and O–H groups in total. The lowest BCUT2D eigenvalue weighted by molar-refractivity contribution is 0.122. The maximum Gasteiger partial charge on any atom is 0.160 e. The molecule has 6 nitrogen and oxygen atoms in total. The van der Waals surface area contributed by atoms with E-state index in [0.29, 0.717) is 5.92 Å². The normalized spacial score (nSPS) is 19.0. The van der Waals surface area contributed by atoms with Crippen LogP contribution in [0.25, 0.3) is 5.65 Å². The molecule has 4 heterocycles. The molecule has 142 valence electrons. The van der Waals surface area contributed by atoms with Gasteiger partial charge in [-0.25, -0.2) is 4.98 Å². The minimum absolute atomic E-state index is 0.480. The lowest BCUT2D eigenvalue weighted by atomic mass is 10.0. The van der Waals surface area contributed by atoms with E-state index in [0.717, 1.165) is 56.7 Å². The minimum atomic E-state index is 0.480. The van der Waals surface area contributed by atoms with Gasteiger partial charge in [-0.15, -0.1) is 0 Å². The fraction of sp³-hybridized carbons (Fsp3) is 0.700. The van der Waals surface area contributed by atoms with Crippen molar-refractivity contribution < 1.29 is 4.74 Å². The van der Waals surface area contributed by atoms with E-state index in [9.17, 15) is 0 Å². The Bertz CT molecular complexity index is 733. The van der Waals surface area contributed by atoms with Gasteiger partial charge in [0, 0.05) is 44.2 Å². The Balaban J connectivity index is 1.67. The van der Waals surface area contributed by atoms with Crippen molar-refractivity contribution in [3.63, 3.8) is 0 Å². The SMILES string of the molecule is CCCCC[C@H](C)c1cc2nc(N3CCC3)cc(N3CCOCC3)n2n1.